The van der Waals surface area contributed by atoms with Crippen LogP contribution in [0.5, 0.6) is 0 Å². The molecule has 2 aliphatic rings. The molecule has 3 unspecified atom stereocenters. The van der Waals surface area contributed by atoms with Crippen molar-refractivity contribution in [3.05, 3.63) is 53.5 Å². The number of furan rings is 1. The first-order valence-corrected chi connectivity index (χ1v) is 8.61. The van der Waals surface area contributed by atoms with Gasteiger partial charge in [0, 0.05) is 18.2 Å². The molecule has 1 aromatic heterocycles. The van der Waals surface area contributed by atoms with Crippen molar-refractivity contribution in [1.29, 1.82) is 0 Å². The van der Waals surface area contributed by atoms with Crippen molar-refractivity contribution in [2.45, 2.75) is 25.3 Å². The van der Waals surface area contributed by atoms with Gasteiger partial charge in [-0.15, -0.1) is 0 Å². The van der Waals surface area contributed by atoms with Gasteiger partial charge in [-0.1, -0.05) is 12.1 Å². The summed E-state index contributed by atoms with van der Waals surface area (Å²) in [5.41, 5.74) is 6.81. The van der Waals surface area contributed by atoms with E-state index in [1.54, 1.807) is 37.3 Å². The molecule has 0 saturated carbocycles. The molecule has 0 aliphatic carbocycles. The SMILES string of the molecule is Cc1ccc(C2NNCC2C2Nc3ccccc3C(=O)N2CC(F)(F)F)o1. The summed E-state index contributed by atoms with van der Waals surface area (Å²) in [5.74, 6) is 0.327. The lowest BCUT2D eigenvalue weighted by molar-refractivity contribution is -0.145. The summed E-state index contributed by atoms with van der Waals surface area (Å²) in [6, 6.07) is 9.83. The van der Waals surface area contributed by atoms with Gasteiger partial charge in [0.2, 0.25) is 0 Å². The van der Waals surface area contributed by atoms with Gasteiger partial charge in [0.1, 0.15) is 24.2 Å². The monoisotopic (exact) mass is 380 g/mol. The fourth-order valence-corrected chi connectivity index (χ4v) is 3.72. The van der Waals surface area contributed by atoms with E-state index < -0.39 is 24.8 Å². The second-order valence-electron chi connectivity index (χ2n) is 6.80. The van der Waals surface area contributed by atoms with Crippen LogP contribution in [0.25, 0.3) is 0 Å². The molecule has 0 spiro atoms. The van der Waals surface area contributed by atoms with Crippen molar-refractivity contribution in [3.63, 3.8) is 0 Å². The van der Waals surface area contributed by atoms with Crippen molar-refractivity contribution >= 4 is 11.6 Å². The third-order valence-corrected chi connectivity index (χ3v) is 4.90. The fraction of sp³-hybridized carbons (Fsp3) is 0.389. The van der Waals surface area contributed by atoms with E-state index in [0.717, 1.165) is 4.90 Å². The van der Waals surface area contributed by atoms with Gasteiger partial charge in [0.25, 0.3) is 5.91 Å². The fourth-order valence-electron chi connectivity index (χ4n) is 3.72. The number of halogens is 3. The first kappa shape index (κ1) is 17.9. The maximum atomic E-state index is 13.2. The molecule has 2 aliphatic heterocycles. The van der Waals surface area contributed by atoms with Crippen molar-refractivity contribution in [2.24, 2.45) is 5.92 Å². The molecular weight excluding hydrogens is 361 g/mol. The number of nitrogens with one attached hydrogen (secondary N) is 3. The summed E-state index contributed by atoms with van der Waals surface area (Å²) >= 11 is 0. The molecule has 27 heavy (non-hydrogen) atoms. The Morgan fingerprint density at radius 3 is 2.70 bits per heavy atom. The number of hydrogen-bond acceptors (Lipinski definition) is 5. The number of amides is 1. The number of anilines is 1. The molecule has 9 heteroatoms. The van der Waals surface area contributed by atoms with Crippen molar-refractivity contribution in [2.75, 3.05) is 18.4 Å². The zero-order valence-corrected chi connectivity index (χ0v) is 14.5. The number of carbonyl (C=O) groups excluding carboxylic acids is 1. The Hall–Kier alpha value is -2.52. The maximum absolute atomic E-state index is 13.2. The smallest absolute Gasteiger partial charge is 0.406 e. The van der Waals surface area contributed by atoms with Crippen LogP contribution in [0.2, 0.25) is 0 Å². The molecule has 0 bridgehead atoms. The van der Waals surface area contributed by atoms with E-state index in [0.29, 0.717) is 23.8 Å². The summed E-state index contributed by atoms with van der Waals surface area (Å²) in [7, 11) is 0. The molecule has 6 nitrogen and oxygen atoms in total. The van der Waals surface area contributed by atoms with E-state index in [2.05, 4.69) is 16.2 Å². The number of carbonyl (C=O) groups is 1. The molecule has 3 heterocycles. The van der Waals surface area contributed by atoms with Crippen molar-refractivity contribution in [1.82, 2.24) is 15.8 Å². The Morgan fingerprint density at radius 1 is 1.22 bits per heavy atom. The predicted octanol–water partition coefficient (Wildman–Crippen LogP) is 2.81. The van der Waals surface area contributed by atoms with Crippen LogP contribution >= 0.6 is 0 Å². The van der Waals surface area contributed by atoms with Crippen LogP contribution in [-0.2, 0) is 0 Å². The van der Waals surface area contributed by atoms with Crippen LogP contribution in [0.3, 0.4) is 0 Å². The lowest BCUT2D eigenvalue weighted by Crippen LogP contribution is -2.56. The number of aryl methyl sites for hydroxylation is 1. The average molecular weight is 380 g/mol. The van der Waals surface area contributed by atoms with Gasteiger partial charge in [0.05, 0.1) is 11.6 Å². The zero-order chi connectivity index (χ0) is 19.2. The highest BCUT2D eigenvalue weighted by Gasteiger charge is 2.46. The topological polar surface area (TPSA) is 69.5 Å². The first-order valence-electron chi connectivity index (χ1n) is 8.61. The second kappa shape index (κ2) is 6.58. The van der Waals surface area contributed by atoms with Crippen molar-refractivity contribution in [3.8, 4) is 0 Å². The summed E-state index contributed by atoms with van der Waals surface area (Å²) in [6.45, 7) is 0.861. The minimum Gasteiger partial charge on any atom is -0.465 e. The van der Waals surface area contributed by atoms with E-state index >= 15 is 0 Å². The molecule has 1 aromatic carbocycles. The molecular formula is C18H19F3N4O2. The molecule has 1 saturated heterocycles. The lowest BCUT2D eigenvalue weighted by Gasteiger charge is -2.42. The Kier molecular flexibility index (Phi) is 4.35. The minimum atomic E-state index is -4.50. The lowest BCUT2D eigenvalue weighted by atomic mass is 9.92. The van der Waals surface area contributed by atoms with Crippen molar-refractivity contribution < 1.29 is 22.4 Å². The molecule has 3 atom stereocenters. The Balaban J connectivity index is 1.70. The normalized spacial score (nSPS) is 25.4. The van der Waals surface area contributed by atoms with Crippen LogP contribution in [0.4, 0.5) is 18.9 Å². The predicted molar refractivity (Wildman–Crippen MR) is 91.8 cm³/mol. The maximum Gasteiger partial charge on any atom is 0.406 e. The highest BCUT2D eigenvalue weighted by atomic mass is 19.4. The van der Waals surface area contributed by atoms with E-state index in [4.69, 9.17) is 4.42 Å². The number of para-hydroxylation sites is 1. The number of fused-ring (bicyclic) bond motifs is 1. The Bertz CT molecular complexity index is 851. The van der Waals surface area contributed by atoms with Crippen LogP contribution in [0.1, 0.15) is 27.9 Å². The molecule has 4 rings (SSSR count). The zero-order valence-electron chi connectivity index (χ0n) is 14.5. The summed E-state index contributed by atoms with van der Waals surface area (Å²) in [5, 5.41) is 3.13. The van der Waals surface area contributed by atoms with Gasteiger partial charge in [-0.2, -0.15) is 13.2 Å². The third-order valence-electron chi connectivity index (χ3n) is 4.90. The molecule has 3 N–H and O–H groups in total. The van der Waals surface area contributed by atoms with Gasteiger partial charge in [0.15, 0.2) is 0 Å². The van der Waals surface area contributed by atoms with Gasteiger partial charge < -0.3 is 14.6 Å². The second-order valence-corrected chi connectivity index (χ2v) is 6.80. The van der Waals surface area contributed by atoms with Crippen LogP contribution in [0.15, 0.2) is 40.8 Å². The molecule has 0 radical (unpaired) electrons. The van der Waals surface area contributed by atoms with Gasteiger partial charge in [-0.3, -0.25) is 10.2 Å². The van der Waals surface area contributed by atoms with Gasteiger partial charge >= 0.3 is 6.18 Å². The van der Waals surface area contributed by atoms with E-state index in [9.17, 15) is 18.0 Å². The average Bonchev–Trinajstić information content (AvgIpc) is 3.25. The number of nitrogens with zero attached hydrogens (tertiary/aromatic N) is 1. The minimum absolute atomic E-state index is 0.238. The van der Waals surface area contributed by atoms with Crippen LogP contribution in [0, 0.1) is 12.8 Å². The summed E-state index contributed by atoms with van der Waals surface area (Å²) in [4.78, 5) is 13.7. The van der Waals surface area contributed by atoms with Gasteiger partial charge in [-0.25, -0.2) is 5.43 Å². The third kappa shape index (κ3) is 3.40. The Labute approximate surface area is 153 Å². The quantitative estimate of drug-likeness (QED) is 0.764. The highest BCUT2D eigenvalue weighted by Crippen LogP contribution is 2.36. The molecule has 144 valence electrons. The number of benzene rings is 1. The number of alkyl halides is 3. The van der Waals surface area contributed by atoms with Crippen LogP contribution < -0.4 is 16.2 Å². The van der Waals surface area contributed by atoms with Crippen LogP contribution in [-0.4, -0.2) is 36.2 Å². The van der Waals surface area contributed by atoms with E-state index in [1.165, 1.54) is 6.07 Å². The number of rotatable bonds is 3. The standard InChI is InChI=1S/C18H19F3N4O2/c1-10-6-7-14(27-10)15-12(8-22-24-15)16-23-13-5-3-2-4-11(13)17(26)25(16)9-18(19,20)21/h2-7,12,15-16,22-24H,8-9H2,1H3. The molecule has 1 amide bonds. The summed E-state index contributed by atoms with van der Waals surface area (Å²) in [6.07, 6.45) is -5.34. The van der Waals surface area contributed by atoms with Gasteiger partial charge in [-0.05, 0) is 31.2 Å². The van der Waals surface area contributed by atoms with E-state index in [-0.39, 0.29) is 17.5 Å². The largest absolute Gasteiger partial charge is 0.465 e. The number of hydrazine groups is 1. The first-order chi connectivity index (χ1) is 12.8. The van der Waals surface area contributed by atoms with E-state index in [1.807, 2.05) is 0 Å². The number of hydrogen-bond donors (Lipinski definition) is 3. The highest BCUT2D eigenvalue weighted by molar-refractivity contribution is 6.01. The molecule has 1 fully saturated rings. The Morgan fingerprint density at radius 2 is 2.00 bits per heavy atom. The summed E-state index contributed by atoms with van der Waals surface area (Å²) < 4.78 is 45.3. The molecule has 2 aromatic rings.